The van der Waals surface area contributed by atoms with Crippen LogP contribution in [0.1, 0.15) is 105 Å². The van der Waals surface area contributed by atoms with Gasteiger partial charge in [-0.15, -0.1) is 11.3 Å². The summed E-state index contributed by atoms with van der Waals surface area (Å²) in [6, 6.07) is 54.0. The molecule has 8 aromatic rings. The van der Waals surface area contributed by atoms with Crippen LogP contribution in [-0.4, -0.2) is 10.7 Å². The number of thiophene rings is 1. The summed E-state index contributed by atoms with van der Waals surface area (Å²) in [5, 5.41) is 2.49. The van der Waals surface area contributed by atoms with Crippen molar-refractivity contribution in [2.24, 2.45) is 4.99 Å². The van der Waals surface area contributed by atoms with Crippen LogP contribution >= 0.6 is 11.3 Å². The van der Waals surface area contributed by atoms with Crippen LogP contribution in [0, 0.1) is 0 Å². The Balaban J connectivity index is 1.08. The van der Waals surface area contributed by atoms with E-state index in [1.165, 1.54) is 75.8 Å². The lowest BCUT2D eigenvalue weighted by Crippen LogP contribution is -2.11. The number of fused-ring (bicyclic) bond motifs is 6. The van der Waals surface area contributed by atoms with Crippen LogP contribution in [0.15, 0.2) is 168 Å². The maximum atomic E-state index is 5.40. The highest BCUT2D eigenvalue weighted by Crippen LogP contribution is 2.51. The van der Waals surface area contributed by atoms with E-state index in [-0.39, 0.29) is 16.7 Å². The fourth-order valence-corrected chi connectivity index (χ4v) is 10.3. The molecule has 2 nitrogen and oxygen atoms in total. The quantitative estimate of drug-likeness (QED) is 0.170. The zero-order valence-electron chi connectivity index (χ0n) is 35.6. The summed E-state index contributed by atoms with van der Waals surface area (Å²) < 4.78 is 2.54. The van der Waals surface area contributed by atoms with Gasteiger partial charge in [0, 0.05) is 49.8 Å². The molecule has 0 radical (unpaired) electrons. The van der Waals surface area contributed by atoms with Crippen molar-refractivity contribution in [1.82, 2.24) is 4.98 Å². The van der Waals surface area contributed by atoms with Crippen molar-refractivity contribution in [1.29, 1.82) is 0 Å². The molecule has 1 aliphatic heterocycles. The maximum absolute atomic E-state index is 5.40. The molecule has 0 spiro atoms. The third-order valence-corrected chi connectivity index (χ3v) is 13.8. The summed E-state index contributed by atoms with van der Waals surface area (Å²) in [5.74, 6) is 0.157. The van der Waals surface area contributed by atoms with Crippen LogP contribution < -0.4 is 0 Å². The van der Waals surface area contributed by atoms with E-state index in [2.05, 4.69) is 200 Å². The largest absolute Gasteiger partial charge is 0.256 e. The van der Waals surface area contributed by atoms with Crippen LogP contribution in [0.4, 0.5) is 0 Å². The SMILES string of the molecule is CC1=C(c2ccc(-c3nccc4sc5ccc(C6c7ccc(C(C)(C)C)cc7-c7cc(C(C)(C)C)ccc76)cc5c34)cc2)N=C(c2ccccc2)CC=C1c1ccccc1. The highest BCUT2D eigenvalue weighted by atomic mass is 32.1. The van der Waals surface area contributed by atoms with Gasteiger partial charge in [0.2, 0.25) is 0 Å². The standard InChI is InChI=1S/C57H50N2S/c1-35-43(36-14-10-8-11-15-36)27-28-49(37-16-12-9-13-17-37)59-54(35)38-18-20-39(21-19-38)55-53-48-32-40(22-29-50(48)60-51(53)30-31-58-55)52-44-25-23-41(56(2,3)4)33-46(44)47-34-42(57(5,6)7)24-26-45(47)52/h8-27,29-34,52H,28H2,1-7H3. The number of benzene rings is 6. The highest BCUT2D eigenvalue weighted by molar-refractivity contribution is 7.25. The number of aliphatic imine (C=N–C) groups is 1. The minimum atomic E-state index is 0.0664. The Hall–Kier alpha value is -6.16. The molecule has 0 fully saturated rings. The molecule has 1 aliphatic carbocycles. The van der Waals surface area contributed by atoms with E-state index in [1.54, 1.807) is 0 Å². The summed E-state index contributed by atoms with van der Waals surface area (Å²) in [7, 11) is 0. The number of rotatable bonds is 5. The maximum Gasteiger partial charge on any atom is 0.0795 e. The summed E-state index contributed by atoms with van der Waals surface area (Å²) in [6.07, 6.45) is 5.07. The smallest absolute Gasteiger partial charge is 0.0795 e. The van der Waals surface area contributed by atoms with Gasteiger partial charge in [0.1, 0.15) is 0 Å². The molecule has 0 bridgehead atoms. The average molecular weight is 795 g/mol. The third kappa shape index (κ3) is 6.66. The molecular formula is C57H50N2S. The molecule has 294 valence electrons. The van der Waals surface area contributed by atoms with Crippen molar-refractivity contribution in [3.8, 4) is 22.4 Å². The fraction of sp³-hybridized carbons (Fsp3) is 0.193. The lowest BCUT2D eigenvalue weighted by Gasteiger charge is -2.21. The van der Waals surface area contributed by atoms with E-state index in [0.717, 1.165) is 40.2 Å². The molecule has 0 unspecified atom stereocenters. The first-order valence-corrected chi connectivity index (χ1v) is 22.0. The van der Waals surface area contributed by atoms with Crippen molar-refractivity contribution in [2.45, 2.75) is 71.6 Å². The number of allylic oxidation sites excluding steroid dienone is 3. The predicted molar refractivity (Wildman–Crippen MR) is 257 cm³/mol. The van der Waals surface area contributed by atoms with Crippen LogP contribution in [-0.2, 0) is 10.8 Å². The zero-order chi connectivity index (χ0) is 41.3. The van der Waals surface area contributed by atoms with Gasteiger partial charge >= 0.3 is 0 Å². The Morgan fingerprint density at radius 2 is 1.17 bits per heavy atom. The normalized spacial score (nSPS) is 14.6. The van der Waals surface area contributed by atoms with E-state index >= 15 is 0 Å². The first-order valence-electron chi connectivity index (χ1n) is 21.2. The minimum absolute atomic E-state index is 0.0664. The number of nitrogens with zero attached hydrogens (tertiary/aromatic N) is 2. The molecule has 0 amide bonds. The first kappa shape index (κ1) is 38.1. The van der Waals surface area contributed by atoms with Crippen LogP contribution in [0.2, 0.25) is 0 Å². The minimum Gasteiger partial charge on any atom is -0.256 e. The van der Waals surface area contributed by atoms with Gasteiger partial charge in [-0.25, -0.2) is 0 Å². The lowest BCUT2D eigenvalue weighted by molar-refractivity contribution is 0.589. The number of hydrogen-bond donors (Lipinski definition) is 0. The van der Waals surface area contributed by atoms with Gasteiger partial charge in [-0.2, -0.15) is 0 Å². The van der Waals surface area contributed by atoms with Crippen molar-refractivity contribution in [3.05, 3.63) is 208 Å². The summed E-state index contributed by atoms with van der Waals surface area (Å²) in [5.41, 5.74) is 19.8. The summed E-state index contributed by atoms with van der Waals surface area (Å²) in [6.45, 7) is 16.1. The highest BCUT2D eigenvalue weighted by Gasteiger charge is 2.33. The zero-order valence-corrected chi connectivity index (χ0v) is 36.4. The number of hydrogen-bond acceptors (Lipinski definition) is 3. The van der Waals surface area contributed by atoms with Gasteiger partial charge in [0.25, 0.3) is 0 Å². The average Bonchev–Trinajstić information content (AvgIpc) is 3.73. The Bertz CT molecular complexity index is 2990. The Morgan fingerprint density at radius 3 is 1.78 bits per heavy atom. The predicted octanol–water partition coefficient (Wildman–Crippen LogP) is 15.6. The van der Waals surface area contributed by atoms with Gasteiger partial charge in [-0.3, -0.25) is 9.98 Å². The second-order valence-electron chi connectivity index (χ2n) is 18.6. The number of pyridine rings is 1. The van der Waals surface area contributed by atoms with E-state index in [9.17, 15) is 0 Å². The molecule has 60 heavy (non-hydrogen) atoms. The van der Waals surface area contributed by atoms with Crippen molar-refractivity contribution >= 4 is 48.5 Å². The van der Waals surface area contributed by atoms with Crippen molar-refractivity contribution in [3.63, 3.8) is 0 Å². The van der Waals surface area contributed by atoms with Gasteiger partial charge in [-0.1, -0.05) is 175 Å². The van der Waals surface area contributed by atoms with Crippen molar-refractivity contribution in [2.75, 3.05) is 0 Å². The van der Waals surface area contributed by atoms with Gasteiger partial charge < -0.3 is 0 Å². The second-order valence-corrected chi connectivity index (χ2v) is 19.7. The lowest BCUT2D eigenvalue weighted by atomic mass is 9.83. The van der Waals surface area contributed by atoms with Crippen LogP contribution in [0.5, 0.6) is 0 Å². The van der Waals surface area contributed by atoms with Gasteiger partial charge in [-0.05, 0) is 97.2 Å². The summed E-state index contributed by atoms with van der Waals surface area (Å²) in [4.78, 5) is 10.5. The van der Waals surface area contributed by atoms with E-state index < -0.39 is 0 Å². The molecule has 0 saturated heterocycles. The molecule has 0 N–H and O–H groups in total. The molecule has 10 rings (SSSR count). The van der Waals surface area contributed by atoms with E-state index in [0.29, 0.717) is 0 Å². The fourth-order valence-electron chi connectivity index (χ4n) is 9.26. The monoisotopic (exact) mass is 794 g/mol. The molecular weight excluding hydrogens is 745 g/mol. The van der Waals surface area contributed by atoms with Gasteiger partial charge in [0.15, 0.2) is 0 Å². The van der Waals surface area contributed by atoms with Crippen molar-refractivity contribution < 1.29 is 0 Å². The molecule has 0 atom stereocenters. The Kier molecular flexibility index (Phi) is 9.22. The molecule has 3 heterocycles. The molecule has 2 aromatic heterocycles. The van der Waals surface area contributed by atoms with E-state index in [4.69, 9.17) is 9.98 Å². The van der Waals surface area contributed by atoms with E-state index in [1.807, 2.05) is 17.5 Å². The second kappa shape index (κ2) is 14.5. The molecule has 2 aliphatic rings. The van der Waals surface area contributed by atoms with Crippen LogP contribution in [0.25, 0.3) is 53.8 Å². The number of aromatic nitrogens is 1. The summed E-state index contributed by atoms with van der Waals surface area (Å²) >= 11 is 1.86. The first-order chi connectivity index (χ1) is 28.9. The Morgan fingerprint density at radius 1 is 0.567 bits per heavy atom. The Labute approximate surface area is 358 Å². The molecule has 3 heteroatoms. The van der Waals surface area contributed by atoms with Gasteiger partial charge in [0.05, 0.1) is 17.1 Å². The topological polar surface area (TPSA) is 25.2 Å². The molecule has 6 aromatic carbocycles. The third-order valence-electron chi connectivity index (χ3n) is 12.6. The molecule has 0 saturated carbocycles. The van der Waals surface area contributed by atoms with Crippen LogP contribution in [0.3, 0.4) is 0 Å².